The highest BCUT2D eigenvalue weighted by atomic mass is 16.5. The zero-order chi connectivity index (χ0) is 11.3. The Kier molecular flexibility index (Phi) is 3.74. The number of carbonyl (C=O) groups is 1. The number of nitrogens with one attached hydrogen (secondary N) is 1. The summed E-state index contributed by atoms with van der Waals surface area (Å²) in [4.78, 5) is 10.7. The molecule has 4 nitrogen and oxygen atoms in total. The maximum Gasteiger partial charge on any atom is 0.335 e. The summed E-state index contributed by atoms with van der Waals surface area (Å²) < 4.78 is 5.39. The van der Waals surface area contributed by atoms with Crippen molar-refractivity contribution in [3.8, 4) is 5.75 Å². The van der Waals surface area contributed by atoms with Gasteiger partial charge >= 0.3 is 5.97 Å². The summed E-state index contributed by atoms with van der Waals surface area (Å²) in [5.41, 5.74) is 0.207. The molecule has 0 atom stereocenters. The zero-order valence-corrected chi connectivity index (χ0v) is 8.65. The fraction of sp³-hybridized carbons (Fsp3) is 0.182. The molecule has 0 amide bonds. The van der Waals surface area contributed by atoms with Gasteiger partial charge in [0.25, 0.3) is 0 Å². The summed E-state index contributed by atoms with van der Waals surface area (Å²) >= 11 is 0. The molecular weight excluding hydrogens is 194 g/mol. The zero-order valence-electron chi connectivity index (χ0n) is 8.65. The molecule has 0 aliphatic heterocycles. The summed E-state index contributed by atoms with van der Waals surface area (Å²) in [5, 5.41) is 11.6. The SMILES string of the molecule is C/C=C(\NC)Oc1cccc(C(=O)O)c1. The predicted molar refractivity (Wildman–Crippen MR) is 56.8 cm³/mol. The molecule has 0 saturated carbocycles. The number of ether oxygens (including phenoxy) is 1. The molecule has 0 heterocycles. The van der Waals surface area contributed by atoms with Gasteiger partial charge in [0.1, 0.15) is 5.75 Å². The largest absolute Gasteiger partial charge is 0.478 e. The van der Waals surface area contributed by atoms with E-state index in [2.05, 4.69) is 5.32 Å². The summed E-state index contributed by atoms with van der Waals surface area (Å²) in [6, 6.07) is 6.34. The minimum Gasteiger partial charge on any atom is -0.478 e. The Morgan fingerprint density at radius 3 is 2.80 bits per heavy atom. The molecule has 1 aromatic carbocycles. The summed E-state index contributed by atoms with van der Waals surface area (Å²) in [6.45, 7) is 1.83. The van der Waals surface area contributed by atoms with Gasteiger partial charge in [0, 0.05) is 7.05 Å². The fourth-order valence-corrected chi connectivity index (χ4v) is 1.07. The molecule has 15 heavy (non-hydrogen) atoms. The lowest BCUT2D eigenvalue weighted by Crippen LogP contribution is -2.11. The maximum absolute atomic E-state index is 10.7. The van der Waals surface area contributed by atoms with Crippen LogP contribution in [-0.2, 0) is 0 Å². The van der Waals surface area contributed by atoms with Crippen LogP contribution in [0.3, 0.4) is 0 Å². The van der Waals surface area contributed by atoms with Crippen LogP contribution in [-0.4, -0.2) is 18.1 Å². The second kappa shape index (κ2) is 5.05. The van der Waals surface area contributed by atoms with Crippen LogP contribution in [0, 0.1) is 0 Å². The van der Waals surface area contributed by atoms with Crippen molar-refractivity contribution in [2.45, 2.75) is 6.92 Å². The Labute approximate surface area is 88.2 Å². The number of carboxylic acid groups (broad SMARTS) is 1. The van der Waals surface area contributed by atoms with Gasteiger partial charge in [0.05, 0.1) is 5.56 Å². The standard InChI is InChI=1S/C11H13NO3/c1-3-10(12-2)15-9-6-4-5-8(7-9)11(13)14/h3-7,12H,1-2H3,(H,13,14)/b10-3+. The van der Waals surface area contributed by atoms with Gasteiger partial charge in [-0.15, -0.1) is 0 Å². The lowest BCUT2D eigenvalue weighted by atomic mass is 10.2. The molecule has 4 heteroatoms. The van der Waals surface area contributed by atoms with Gasteiger partial charge in [-0.1, -0.05) is 6.07 Å². The number of allylic oxidation sites excluding steroid dienone is 1. The van der Waals surface area contributed by atoms with E-state index in [0.717, 1.165) is 0 Å². The van der Waals surface area contributed by atoms with E-state index >= 15 is 0 Å². The molecule has 0 radical (unpaired) electrons. The number of hydrogen-bond donors (Lipinski definition) is 2. The smallest absolute Gasteiger partial charge is 0.335 e. The lowest BCUT2D eigenvalue weighted by Gasteiger charge is -2.08. The second-order valence-electron chi connectivity index (χ2n) is 2.84. The third-order valence-corrected chi connectivity index (χ3v) is 1.82. The highest BCUT2D eigenvalue weighted by Crippen LogP contribution is 2.15. The highest BCUT2D eigenvalue weighted by Gasteiger charge is 2.04. The van der Waals surface area contributed by atoms with Crippen LogP contribution in [0.4, 0.5) is 0 Å². The molecular formula is C11H13NO3. The van der Waals surface area contributed by atoms with Crippen molar-refractivity contribution < 1.29 is 14.6 Å². The first kappa shape index (κ1) is 11.1. The summed E-state index contributed by atoms with van der Waals surface area (Å²) in [7, 11) is 1.73. The van der Waals surface area contributed by atoms with Crippen molar-refractivity contribution in [1.29, 1.82) is 0 Å². The van der Waals surface area contributed by atoms with E-state index in [4.69, 9.17) is 9.84 Å². The van der Waals surface area contributed by atoms with Crippen molar-refractivity contribution in [3.63, 3.8) is 0 Å². The average molecular weight is 207 g/mol. The number of carboxylic acids is 1. The van der Waals surface area contributed by atoms with Gasteiger partial charge in [-0.2, -0.15) is 0 Å². The van der Waals surface area contributed by atoms with Gasteiger partial charge < -0.3 is 15.2 Å². The van der Waals surface area contributed by atoms with Crippen LogP contribution in [0.25, 0.3) is 0 Å². The van der Waals surface area contributed by atoms with Crippen molar-refractivity contribution in [2.75, 3.05) is 7.05 Å². The first-order chi connectivity index (χ1) is 7.17. The Hall–Kier alpha value is -1.97. The molecule has 0 aromatic heterocycles. The molecule has 0 spiro atoms. The monoisotopic (exact) mass is 207 g/mol. The van der Waals surface area contributed by atoms with Crippen molar-refractivity contribution in [3.05, 3.63) is 41.8 Å². The molecule has 1 aromatic rings. The van der Waals surface area contributed by atoms with Gasteiger partial charge in [-0.25, -0.2) is 4.79 Å². The number of benzene rings is 1. The lowest BCUT2D eigenvalue weighted by molar-refractivity contribution is 0.0696. The van der Waals surface area contributed by atoms with Gasteiger partial charge in [-0.3, -0.25) is 0 Å². The first-order valence-corrected chi connectivity index (χ1v) is 4.52. The van der Waals surface area contributed by atoms with Crippen LogP contribution in [0.5, 0.6) is 5.75 Å². The first-order valence-electron chi connectivity index (χ1n) is 4.52. The molecule has 0 bridgehead atoms. The fourth-order valence-electron chi connectivity index (χ4n) is 1.07. The average Bonchev–Trinajstić information content (AvgIpc) is 2.26. The Balaban J connectivity index is 2.87. The third kappa shape index (κ3) is 3.02. The molecule has 0 aliphatic rings. The topological polar surface area (TPSA) is 58.6 Å². The predicted octanol–water partition coefficient (Wildman–Crippen LogP) is 1.84. The Morgan fingerprint density at radius 2 is 2.27 bits per heavy atom. The minimum absolute atomic E-state index is 0.207. The van der Waals surface area contributed by atoms with E-state index in [1.54, 1.807) is 25.3 Å². The van der Waals surface area contributed by atoms with Crippen LogP contribution in [0.2, 0.25) is 0 Å². The molecule has 1 rings (SSSR count). The molecule has 0 aliphatic carbocycles. The van der Waals surface area contributed by atoms with Crippen molar-refractivity contribution in [2.24, 2.45) is 0 Å². The summed E-state index contributed by atoms with van der Waals surface area (Å²) in [5.74, 6) is 0.113. The molecule has 0 unspecified atom stereocenters. The van der Waals surface area contributed by atoms with Crippen LogP contribution >= 0.6 is 0 Å². The molecule has 0 fully saturated rings. The van der Waals surface area contributed by atoms with Crippen molar-refractivity contribution in [1.82, 2.24) is 5.32 Å². The van der Waals surface area contributed by atoms with Crippen LogP contribution in [0.1, 0.15) is 17.3 Å². The number of hydrogen-bond acceptors (Lipinski definition) is 3. The molecule has 0 saturated heterocycles. The van der Waals surface area contributed by atoms with Gasteiger partial charge in [0.15, 0.2) is 5.88 Å². The van der Waals surface area contributed by atoms with E-state index in [1.807, 2.05) is 6.92 Å². The molecule has 80 valence electrons. The summed E-state index contributed by atoms with van der Waals surface area (Å²) in [6.07, 6.45) is 1.76. The number of rotatable bonds is 4. The van der Waals surface area contributed by atoms with E-state index in [-0.39, 0.29) is 5.56 Å². The van der Waals surface area contributed by atoms with E-state index in [9.17, 15) is 4.79 Å². The quantitative estimate of drug-likeness (QED) is 0.740. The van der Waals surface area contributed by atoms with E-state index < -0.39 is 5.97 Å². The van der Waals surface area contributed by atoms with Gasteiger partial charge in [-0.05, 0) is 31.2 Å². The van der Waals surface area contributed by atoms with Crippen LogP contribution < -0.4 is 10.1 Å². The van der Waals surface area contributed by atoms with E-state index in [1.165, 1.54) is 12.1 Å². The van der Waals surface area contributed by atoms with Crippen molar-refractivity contribution >= 4 is 5.97 Å². The minimum atomic E-state index is -0.966. The normalized spacial score (nSPS) is 10.9. The molecule has 2 N–H and O–H groups in total. The van der Waals surface area contributed by atoms with Crippen LogP contribution in [0.15, 0.2) is 36.2 Å². The van der Waals surface area contributed by atoms with Gasteiger partial charge in [0.2, 0.25) is 0 Å². The Bertz CT molecular complexity index is 385. The second-order valence-corrected chi connectivity index (χ2v) is 2.84. The maximum atomic E-state index is 10.7. The number of aromatic carboxylic acids is 1. The Morgan fingerprint density at radius 1 is 1.53 bits per heavy atom. The highest BCUT2D eigenvalue weighted by molar-refractivity contribution is 5.88. The third-order valence-electron chi connectivity index (χ3n) is 1.82. The van der Waals surface area contributed by atoms with E-state index in [0.29, 0.717) is 11.6 Å².